The summed E-state index contributed by atoms with van der Waals surface area (Å²) in [5.41, 5.74) is 4.05. The minimum absolute atomic E-state index is 0.0174. The van der Waals surface area contributed by atoms with Crippen LogP contribution in [0.15, 0.2) is 18.2 Å². The Kier molecular flexibility index (Phi) is 4.71. The number of hydrogen-bond donors (Lipinski definition) is 0. The molecule has 3 rings (SSSR count). The van der Waals surface area contributed by atoms with E-state index in [0.29, 0.717) is 5.91 Å². The van der Waals surface area contributed by atoms with E-state index in [1.165, 1.54) is 16.7 Å². The second kappa shape index (κ2) is 6.49. The van der Waals surface area contributed by atoms with Crippen molar-refractivity contribution in [2.45, 2.75) is 38.6 Å². The number of likely N-dealkylation sites (N-methyl/N-ethyl adjacent to an activating group) is 2. The first-order chi connectivity index (χ1) is 11.3. The molecule has 1 aromatic rings. The third-order valence-corrected chi connectivity index (χ3v) is 5.43. The minimum atomic E-state index is -0.0174. The highest BCUT2D eigenvalue weighted by molar-refractivity contribution is 5.85. The molecule has 0 radical (unpaired) electrons. The van der Waals surface area contributed by atoms with E-state index >= 15 is 0 Å². The lowest BCUT2D eigenvalue weighted by Crippen LogP contribution is -2.50. The van der Waals surface area contributed by atoms with Gasteiger partial charge in [0, 0.05) is 39.3 Å². The molecule has 24 heavy (non-hydrogen) atoms. The molecule has 0 bridgehead atoms. The summed E-state index contributed by atoms with van der Waals surface area (Å²) >= 11 is 0. The topological polar surface area (TPSA) is 26.8 Å². The molecule has 1 atom stereocenters. The van der Waals surface area contributed by atoms with Gasteiger partial charge in [0.1, 0.15) is 0 Å². The SMILES string of the molecule is CN1CCN(C(=O)C2CN(C)Cc3cc(C(C)(C)C)ccc32)CC1. The van der Waals surface area contributed by atoms with E-state index in [-0.39, 0.29) is 11.3 Å². The van der Waals surface area contributed by atoms with Crippen LogP contribution in [-0.2, 0) is 16.8 Å². The molecule has 2 heterocycles. The number of hydrogen-bond acceptors (Lipinski definition) is 3. The number of carbonyl (C=O) groups is 1. The fourth-order valence-corrected chi connectivity index (χ4v) is 3.77. The van der Waals surface area contributed by atoms with E-state index in [2.05, 4.69) is 67.8 Å². The van der Waals surface area contributed by atoms with Crippen molar-refractivity contribution in [1.29, 1.82) is 0 Å². The zero-order valence-corrected chi connectivity index (χ0v) is 15.8. The van der Waals surface area contributed by atoms with Crippen molar-refractivity contribution in [2.24, 2.45) is 0 Å². The minimum Gasteiger partial charge on any atom is -0.340 e. The van der Waals surface area contributed by atoms with Gasteiger partial charge in [0.2, 0.25) is 5.91 Å². The number of piperazine rings is 1. The summed E-state index contributed by atoms with van der Waals surface area (Å²) in [6.07, 6.45) is 0. The average Bonchev–Trinajstić information content (AvgIpc) is 2.52. The van der Waals surface area contributed by atoms with Crippen LogP contribution in [0.1, 0.15) is 43.4 Å². The highest BCUT2D eigenvalue weighted by atomic mass is 16.2. The first kappa shape index (κ1) is 17.4. The van der Waals surface area contributed by atoms with Gasteiger partial charge in [-0.2, -0.15) is 0 Å². The maximum Gasteiger partial charge on any atom is 0.231 e. The van der Waals surface area contributed by atoms with Gasteiger partial charge in [0.15, 0.2) is 0 Å². The Morgan fingerprint density at radius 1 is 1.04 bits per heavy atom. The summed E-state index contributed by atoms with van der Waals surface area (Å²) in [6.45, 7) is 12.2. The molecule has 1 unspecified atom stereocenters. The largest absolute Gasteiger partial charge is 0.340 e. The standard InChI is InChI=1S/C20H31N3O/c1-20(2,3)16-6-7-17-15(12-16)13-22(5)14-18(17)19(24)23-10-8-21(4)9-11-23/h6-7,12,18H,8-11,13-14H2,1-5H3. The van der Waals surface area contributed by atoms with E-state index in [1.807, 2.05) is 0 Å². The summed E-state index contributed by atoms with van der Waals surface area (Å²) in [4.78, 5) is 19.8. The van der Waals surface area contributed by atoms with Crippen LogP contribution < -0.4 is 0 Å². The molecular weight excluding hydrogens is 298 g/mol. The first-order valence-corrected chi connectivity index (χ1v) is 9.05. The molecular formula is C20H31N3O. The summed E-state index contributed by atoms with van der Waals surface area (Å²) in [5.74, 6) is 0.288. The van der Waals surface area contributed by atoms with Gasteiger partial charge >= 0.3 is 0 Å². The van der Waals surface area contributed by atoms with E-state index < -0.39 is 0 Å². The molecule has 0 aliphatic carbocycles. The van der Waals surface area contributed by atoms with Gasteiger partial charge in [-0.05, 0) is 36.2 Å². The molecule has 4 nitrogen and oxygen atoms in total. The Morgan fingerprint density at radius 2 is 1.71 bits per heavy atom. The van der Waals surface area contributed by atoms with Gasteiger partial charge in [-0.1, -0.05) is 39.0 Å². The van der Waals surface area contributed by atoms with Crippen molar-refractivity contribution in [1.82, 2.24) is 14.7 Å². The van der Waals surface area contributed by atoms with Crippen LogP contribution in [-0.4, -0.2) is 67.4 Å². The highest BCUT2D eigenvalue weighted by Crippen LogP contribution is 2.33. The van der Waals surface area contributed by atoms with Crippen LogP contribution in [0.4, 0.5) is 0 Å². The summed E-state index contributed by atoms with van der Waals surface area (Å²) < 4.78 is 0. The van der Waals surface area contributed by atoms with Gasteiger partial charge in [-0.3, -0.25) is 4.79 Å². The molecule has 132 valence electrons. The molecule has 0 saturated carbocycles. The van der Waals surface area contributed by atoms with Crippen molar-refractivity contribution in [2.75, 3.05) is 46.8 Å². The Morgan fingerprint density at radius 3 is 2.33 bits per heavy atom. The van der Waals surface area contributed by atoms with Crippen molar-refractivity contribution >= 4 is 5.91 Å². The smallest absolute Gasteiger partial charge is 0.231 e. The summed E-state index contributed by atoms with van der Waals surface area (Å²) in [5, 5.41) is 0. The number of nitrogens with zero attached hydrogens (tertiary/aromatic N) is 3. The number of rotatable bonds is 1. The van der Waals surface area contributed by atoms with Gasteiger partial charge in [-0.25, -0.2) is 0 Å². The predicted molar refractivity (Wildman–Crippen MR) is 98.3 cm³/mol. The molecule has 1 fully saturated rings. The van der Waals surface area contributed by atoms with E-state index in [0.717, 1.165) is 39.3 Å². The van der Waals surface area contributed by atoms with Crippen LogP contribution in [0.3, 0.4) is 0 Å². The lowest BCUT2D eigenvalue weighted by molar-refractivity contribution is -0.135. The van der Waals surface area contributed by atoms with Crippen LogP contribution >= 0.6 is 0 Å². The molecule has 0 aromatic heterocycles. The third-order valence-electron chi connectivity index (χ3n) is 5.43. The molecule has 1 aromatic carbocycles. The number of amides is 1. The van der Waals surface area contributed by atoms with Gasteiger partial charge < -0.3 is 14.7 Å². The van der Waals surface area contributed by atoms with Crippen LogP contribution in [0.5, 0.6) is 0 Å². The number of fused-ring (bicyclic) bond motifs is 1. The summed E-state index contributed by atoms with van der Waals surface area (Å²) in [6, 6.07) is 6.74. The Bertz CT molecular complexity index is 612. The van der Waals surface area contributed by atoms with Crippen LogP contribution in [0.2, 0.25) is 0 Å². The maximum absolute atomic E-state index is 13.1. The molecule has 2 aliphatic heterocycles. The second-order valence-electron chi connectivity index (χ2n) is 8.54. The lowest BCUT2D eigenvalue weighted by atomic mass is 9.81. The average molecular weight is 329 g/mol. The van der Waals surface area contributed by atoms with Crippen molar-refractivity contribution < 1.29 is 4.79 Å². The zero-order valence-electron chi connectivity index (χ0n) is 15.8. The van der Waals surface area contributed by atoms with Crippen LogP contribution in [0, 0.1) is 0 Å². The van der Waals surface area contributed by atoms with E-state index in [1.54, 1.807) is 0 Å². The molecule has 2 aliphatic rings. The maximum atomic E-state index is 13.1. The molecule has 0 N–H and O–H groups in total. The van der Waals surface area contributed by atoms with E-state index in [9.17, 15) is 4.79 Å². The molecule has 1 saturated heterocycles. The highest BCUT2D eigenvalue weighted by Gasteiger charge is 2.33. The number of benzene rings is 1. The van der Waals surface area contributed by atoms with Gasteiger partial charge in [0.25, 0.3) is 0 Å². The van der Waals surface area contributed by atoms with Crippen LogP contribution in [0.25, 0.3) is 0 Å². The quantitative estimate of drug-likeness (QED) is 0.791. The number of carbonyl (C=O) groups excluding carboxylic acids is 1. The Labute approximate surface area is 146 Å². The van der Waals surface area contributed by atoms with E-state index in [4.69, 9.17) is 0 Å². The first-order valence-electron chi connectivity index (χ1n) is 9.05. The third kappa shape index (κ3) is 3.50. The fourth-order valence-electron chi connectivity index (χ4n) is 3.77. The normalized spacial score (nSPS) is 23.2. The predicted octanol–water partition coefficient (Wildman–Crippen LogP) is 2.29. The Hall–Kier alpha value is -1.39. The lowest BCUT2D eigenvalue weighted by Gasteiger charge is -2.38. The second-order valence-corrected chi connectivity index (χ2v) is 8.54. The monoisotopic (exact) mass is 329 g/mol. The van der Waals surface area contributed by atoms with Crippen molar-refractivity contribution in [3.63, 3.8) is 0 Å². The van der Waals surface area contributed by atoms with Crippen molar-refractivity contribution in [3.8, 4) is 0 Å². The zero-order chi connectivity index (χ0) is 17.5. The molecule has 4 heteroatoms. The summed E-state index contributed by atoms with van der Waals surface area (Å²) in [7, 11) is 4.25. The van der Waals surface area contributed by atoms with Gasteiger partial charge in [-0.15, -0.1) is 0 Å². The fraction of sp³-hybridized carbons (Fsp3) is 0.650. The van der Waals surface area contributed by atoms with Crippen molar-refractivity contribution in [3.05, 3.63) is 34.9 Å². The Balaban J connectivity index is 1.87. The van der Waals surface area contributed by atoms with Gasteiger partial charge in [0.05, 0.1) is 5.92 Å². The molecule has 0 spiro atoms. The molecule has 1 amide bonds.